The molecule has 0 saturated carbocycles. The van der Waals surface area contributed by atoms with Crippen molar-refractivity contribution in [3.63, 3.8) is 0 Å². The molecule has 0 amide bonds. The van der Waals surface area contributed by atoms with Gasteiger partial charge in [-0.25, -0.2) is 0 Å². The van der Waals surface area contributed by atoms with Crippen molar-refractivity contribution in [2.45, 2.75) is 65.1 Å². The Morgan fingerprint density at radius 2 is 2.00 bits per heavy atom. The highest BCUT2D eigenvalue weighted by Gasteiger charge is 2.33. The zero-order chi connectivity index (χ0) is 13.1. The monoisotopic (exact) mass is 242 g/mol. The largest absolute Gasteiger partial charge is 0.394 e. The van der Waals surface area contributed by atoms with Crippen LogP contribution in [0.25, 0.3) is 0 Å². The smallest absolute Gasteiger partial charge is 0.0623 e. The molecule has 2 atom stereocenters. The van der Waals surface area contributed by atoms with Gasteiger partial charge in [0.2, 0.25) is 0 Å². The molecule has 0 aromatic rings. The highest BCUT2D eigenvalue weighted by Crippen LogP contribution is 2.25. The lowest BCUT2D eigenvalue weighted by atomic mass is 9.98. The number of hydrogen-bond acceptors (Lipinski definition) is 3. The van der Waals surface area contributed by atoms with Gasteiger partial charge in [0, 0.05) is 18.6 Å². The lowest BCUT2D eigenvalue weighted by Crippen LogP contribution is -2.57. The van der Waals surface area contributed by atoms with Crippen molar-refractivity contribution >= 4 is 0 Å². The number of aliphatic hydroxyl groups excluding tert-OH is 1. The minimum Gasteiger partial charge on any atom is -0.394 e. The molecule has 1 aliphatic heterocycles. The second-order valence-corrected chi connectivity index (χ2v) is 6.44. The predicted octanol–water partition coefficient (Wildman–Crippen LogP) is 1.86. The summed E-state index contributed by atoms with van der Waals surface area (Å²) in [7, 11) is 0. The van der Waals surface area contributed by atoms with Crippen LogP contribution in [0.15, 0.2) is 0 Å². The normalized spacial score (nSPS) is 25.8. The van der Waals surface area contributed by atoms with E-state index in [1.165, 1.54) is 19.4 Å². The van der Waals surface area contributed by atoms with Gasteiger partial charge in [-0.2, -0.15) is 0 Å². The van der Waals surface area contributed by atoms with Crippen molar-refractivity contribution < 1.29 is 5.11 Å². The van der Waals surface area contributed by atoms with Crippen LogP contribution in [-0.2, 0) is 0 Å². The number of hydrogen-bond donors (Lipinski definition) is 2. The van der Waals surface area contributed by atoms with Crippen molar-refractivity contribution in [2.24, 2.45) is 5.92 Å². The van der Waals surface area contributed by atoms with Gasteiger partial charge >= 0.3 is 0 Å². The summed E-state index contributed by atoms with van der Waals surface area (Å²) in [6.07, 6.45) is 2.60. The van der Waals surface area contributed by atoms with Crippen molar-refractivity contribution in [3.8, 4) is 0 Å². The molecular weight excluding hydrogens is 212 g/mol. The molecule has 1 rings (SSSR count). The Labute approximate surface area is 107 Å². The zero-order valence-corrected chi connectivity index (χ0v) is 12.2. The third-order valence-electron chi connectivity index (χ3n) is 3.72. The van der Waals surface area contributed by atoms with Crippen LogP contribution in [0.4, 0.5) is 0 Å². The van der Waals surface area contributed by atoms with E-state index in [4.69, 9.17) is 0 Å². The Bertz CT molecular complexity index is 230. The number of nitrogens with zero attached hydrogens (tertiary/aromatic N) is 1. The van der Waals surface area contributed by atoms with E-state index < -0.39 is 0 Å². The fourth-order valence-corrected chi connectivity index (χ4v) is 3.09. The minimum atomic E-state index is -0.175. The highest BCUT2D eigenvalue weighted by atomic mass is 16.3. The Morgan fingerprint density at radius 3 is 2.47 bits per heavy atom. The summed E-state index contributed by atoms with van der Waals surface area (Å²) in [4.78, 5) is 2.55. The van der Waals surface area contributed by atoms with Gasteiger partial charge in [0.1, 0.15) is 0 Å². The molecular formula is C14H30N2O. The third kappa shape index (κ3) is 4.23. The van der Waals surface area contributed by atoms with Gasteiger partial charge in [-0.3, -0.25) is 4.90 Å². The summed E-state index contributed by atoms with van der Waals surface area (Å²) < 4.78 is 0. The average Bonchev–Trinajstić information content (AvgIpc) is 2.64. The lowest BCUT2D eigenvalue weighted by Gasteiger charge is -2.38. The molecule has 102 valence electrons. The molecule has 1 aliphatic rings. The maximum atomic E-state index is 9.63. The van der Waals surface area contributed by atoms with E-state index in [0.717, 1.165) is 6.54 Å². The standard InChI is InChI=1S/C14H30N2O/c1-11(2)13-7-6-8-16(13)9-14(5,10-17)15-12(3)4/h11-13,15,17H,6-10H2,1-5H3. The van der Waals surface area contributed by atoms with Crippen LogP contribution in [0, 0.1) is 5.92 Å². The van der Waals surface area contributed by atoms with Gasteiger partial charge in [-0.05, 0) is 32.2 Å². The first kappa shape index (κ1) is 14.9. The molecule has 0 radical (unpaired) electrons. The van der Waals surface area contributed by atoms with Crippen molar-refractivity contribution in [1.82, 2.24) is 10.2 Å². The number of rotatable bonds is 6. The third-order valence-corrected chi connectivity index (χ3v) is 3.72. The average molecular weight is 242 g/mol. The van der Waals surface area contributed by atoms with Crippen LogP contribution in [0.1, 0.15) is 47.5 Å². The van der Waals surface area contributed by atoms with E-state index in [1.807, 2.05) is 0 Å². The number of aliphatic hydroxyl groups is 1. The molecule has 0 bridgehead atoms. The summed E-state index contributed by atoms with van der Waals surface area (Å²) in [5.74, 6) is 0.708. The van der Waals surface area contributed by atoms with Crippen LogP contribution in [-0.4, -0.2) is 47.3 Å². The zero-order valence-electron chi connectivity index (χ0n) is 12.2. The van der Waals surface area contributed by atoms with E-state index in [2.05, 4.69) is 44.8 Å². The highest BCUT2D eigenvalue weighted by molar-refractivity contribution is 4.92. The van der Waals surface area contributed by atoms with Crippen LogP contribution < -0.4 is 5.32 Å². The summed E-state index contributed by atoms with van der Waals surface area (Å²) in [5, 5.41) is 13.1. The molecule has 0 aliphatic carbocycles. The fourth-order valence-electron chi connectivity index (χ4n) is 3.09. The first-order valence-electron chi connectivity index (χ1n) is 7.00. The van der Waals surface area contributed by atoms with E-state index in [9.17, 15) is 5.11 Å². The SMILES string of the molecule is CC(C)NC(C)(CO)CN1CCCC1C(C)C. The number of likely N-dealkylation sites (tertiary alicyclic amines) is 1. The van der Waals surface area contributed by atoms with E-state index >= 15 is 0 Å². The predicted molar refractivity (Wildman–Crippen MR) is 73.2 cm³/mol. The van der Waals surface area contributed by atoms with Crippen molar-refractivity contribution in [3.05, 3.63) is 0 Å². The van der Waals surface area contributed by atoms with E-state index in [1.54, 1.807) is 0 Å². The van der Waals surface area contributed by atoms with Crippen LogP contribution >= 0.6 is 0 Å². The summed E-state index contributed by atoms with van der Waals surface area (Å²) in [6.45, 7) is 13.3. The lowest BCUT2D eigenvalue weighted by molar-refractivity contribution is 0.0955. The molecule has 1 heterocycles. The van der Waals surface area contributed by atoms with Gasteiger partial charge < -0.3 is 10.4 Å². The second-order valence-electron chi connectivity index (χ2n) is 6.44. The van der Waals surface area contributed by atoms with Gasteiger partial charge in [0.05, 0.1) is 12.1 Å². The topological polar surface area (TPSA) is 35.5 Å². The fraction of sp³-hybridized carbons (Fsp3) is 1.00. The van der Waals surface area contributed by atoms with Gasteiger partial charge in [0.15, 0.2) is 0 Å². The van der Waals surface area contributed by atoms with Crippen LogP contribution in [0.2, 0.25) is 0 Å². The second kappa shape index (κ2) is 6.17. The molecule has 17 heavy (non-hydrogen) atoms. The molecule has 2 unspecified atom stereocenters. The van der Waals surface area contributed by atoms with E-state index in [-0.39, 0.29) is 12.1 Å². The number of nitrogens with one attached hydrogen (secondary N) is 1. The Hall–Kier alpha value is -0.120. The summed E-state index contributed by atoms with van der Waals surface area (Å²) >= 11 is 0. The Morgan fingerprint density at radius 1 is 1.35 bits per heavy atom. The van der Waals surface area contributed by atoms with Gasteiger partial charge in [0.25, 0.3) is 0 Å². The maximum absolute atomic E-state index is 9.63. The molecule has 2 N–H and O–H groups in total. The first-order valence-corrected chi connectivity index (χ1v) is 7.00. The first-order chi connectivity index (χ1) is 7.88. The van der Waals surface area contributed by atoms with Crippen LogP contribution in [0.5, 0.6) is 0 Å². The van der Waals surface area contributed by atoms with Crippen molar-refractivity contribution in [1.29, 1.82) is 0 Å². The molecule has 0 spiro atoms. The summed E-state index contributed by atoms with van der Waals surface area (Å²) in [5.41, 5.74) is -0.175. The molecule has 1 fully saturated rings. The molecule has 3 nitrogen and oxygen atoms in total. The Kier molecular flexibility index (Phi) is 5.42. The van der Waals surface area contributed by atoms with Crippen molar-refractivity contribution in [2.75, 3.05) is 19.7 Å². The van der Waals surface area contributed by atoms with Gasteiger partial charge in [-0.1, -0.05) is 27.7 Å². The molecule has 3 heteroatoms. The molecule has 0 aromatic carbocycles. The Balaban J connectivity index is 2.60. The maximum Gasteiger partial charge on any atom is 0.0623 e. The molecule has 0 aromatic heterocycles. The quantitative estimate of drug-likeness (QED) is 0.746. The minimum absolute atomic E-state index is 0.175. The van der Waals surface area contributed by atoms with E-state index in [0.29, 0.717) is 18.0 Å². The van der Waals surface area contributed by atoms with Gasteiger partial charge in [-0.15, -0.1) is 0 Å². The molecule has 1 saturated heterocycles. The summed E-state index contributed by atoms with van der Waals surface area (Å²) in [6, 6.07) is 1.10. The van der Waals surface area contributed by atoms with Crippen LogP contribution in [0.3, 0.4) is 0 Å².